The first-order valence-electron chi connectivity index (χ1n) is 5.79. The molecule has 0 aliphatic rings. The van der Waals surface area contributed by atoms with Crippen LogP contribution in [0.25, 0.3) is 11.3 Å². The molecule has 2 rings (SSSR count). The van der Waals surface area contributed by atoms with E-state index in [0.717, 1.165) is 11.3 Å². The first-order chi connectivity index (χ1) is 9.06. The Morgan fingerprint density at radius 1 is 1.37 bits per heavy atom. The molecule has 1 unspecified atom stereocenters. The van der Waals surface area contributed by atoms with E-state index in [0.29, 0.717) is 11.5 Å². The van der Waals surface area contributed by atoms with Gasteiger partial charge in [-0.1, -0.05) is 0 Å². The summed E-state index contributed by atoms with van der Waals surface area (Å²) in [6.07, 6.45) is 3.15. The highest BCUT2D eigenvalue weighted by Crippen LogP contribution is 2.19. The Kier molecular flexibility index (Phi) is 3.82. The second kappa shape index (κ2) is 5.53. The van der Waals surface area contributed by atoms with Crippen LogP contribution in [-0.2, 0) is 4.79 Å². The molecule has 0 amide bonds. The zero-order valence-electron chi connectivity index (χ0n) is 10.4. The normalized spacial score (nSPS) is 12.1. The number of aryl methyl sites for hydroxylation is 1. The van der Waals surface area contributed by atoms with E-state index in [9.17, 15) is 4.79 Å². The second-order valence-electron chi connectivity index (χ2n) is 4.19. The Hall–Kier alpha value is -2.34. The van der Waals surface area contributed by atoms with Crippen molar-refractivity contribution in [3.8, 4) is 11.3 Å². The molecular formula is C13H14N4O2. The molecule has 3 N–H and O–H groups in total. The summed E-state index contributed by atoms with van der Waals surface area (Å²) in [5, 5.41) is 8.76. The third kappa shape index (κ3) is 3.32. The van der Waals surface area contributed by atoms with E-state index in [1.807, 2.05) is 25.1 Å². The Morgan fingerprint density at radius 2 is 2.05 bits per heavy atom. The van der Waals surface area contributed by atoms with E-state index in [1.165, 1.54) is 0 Å². The molecule has 0 aliphatic carbocycles. The van der Waals surface area contributed by atoms with Gasteiger partial charge in [0.2, 0.25) is 0 Å². The molecule has 1 atom stereocenters. The lowest BCUT2D eigenvalue weighted by molar-refractivity contribution is -0.137. The van der Waals surface area contributed by atoms with Crippen molar-refractivity contribution in [2.45, 2.75) is 19.4 Å². The van der Waals surface area contributed by atoms with Gasteiger partial charge >= 0.3 is 5.97 Å². The Bertz CT molecular complexity index is 586. The maximum atomic E-state index is 10.7. The first kappa shape index (κ1) is 13.1. The van der Waals surface area contributed by atoms with E-state index < -0.39 is 12.0 Å². The Morgan fingerprint density at radius 3 is 2.68 bits per heavy atom. The molecule has 0 saturated heterocycles. The molecule has 0 radical (unpaired) electrons. The average molecular weight is 258 g/mol. The van der Waals surface area contributed by atoms with Gasteiger partial charge in [-0.3, -0.25) is 9.78 Å². The van der Waals surface area contributed by atoms with E-state index in [4.69, 9.17) is 10.8 Å². The van der Waals surface area contributed by atoms with Crippen molar-refractivity contribution in [2.75, 3.05) is 0 Å². The van der Waals surface area contributed by atoms with Crippen LogP contribution in [0.2, 0.25) is 0 Å². The summed E-state index contributed by atoms with van der Waals surface area (Å²) in [4.78, 5) is 23.2. The van der Waals surface area contributed by atoms with Gasteiger partial charge in [0.05, 0.1) is 18.2 Å². The predicted molar refractivity (Wildman–Crippen MR) is 69.2 cm³/mol. The predicted octanol–water partition coefficient (Wildman–Crippen LogP) is 1.32. The monoisotopic (exact) mass is 258 g/mol. The van der Waals surface area contributed by atoms with Crippen molar-refractivity contribution in [3.05, 3.63) is 42.1 Å². The van der Waals surface area contributed by atoms with Crippen LogP contribution in [0.4, 0.5) is 0 Å². The molecule has 6 nitrogen and oxygen atoms in total. The van der Waals surface area contributed by atoms with Crippen LogP contribution in [0.1, 0.15) is 24.0 Å². The van der Waals surface area contributed by atoms with Gasteiger partial charge in [0.15, 0.2) is 0 Å². The van der Waals surface area contributed by atoms with Gasteiger partial charge in [-0.05, 0) is 25.1 Å². The maximum absolute atomic E-state index is 10.7. The summed E-state index contributed by atoms with van der Waals surface area (Å²) in [7, 11) is 0. The lowest BCUT2D eigenvalue weighted by Crippen LogP contribution is -2.18. The van der Waals surface area contributed by atoms with Crippen molar-refractivity contribution < 1.29 is 9.90 Å². The molecule has 2 aromatic rings. The standard InChI is InChI=1S/C13H14N4O2/c1-8-6-11(9-2-4-15-5-3-9)17-13(16-8)10(14)7-12(18)19/h2-6,10H,7,14H2,1H3,(H,18,19). The number of aromatic nitrogens is 3. The van der Waals surface area contributed by atoms with Gasteiger partial charge in [-0.2, -0.15) is 0 Å². The highest BCUT2D eigenvalue weighted by molar-refractivity contribution is 5.67. The van der Waals surface area contributed by atoms with Crippen molar-refractivity contribution >= 4 is 5.97 Å². The van der Waals surface area contributed by atoms with Gasteiger partial charge in [-0.15, -0.1) is 0 Å². The molecule has 98 valence electrons. The maximum Gasteiger partial charge on any atom is 0.305 e. The van der Waals surface area contributed by atoms with Gasteiger partial charge in [0, 0.05) is 23.7 Å². The Balaban J connectivity index is 2.37. The van der Waals surface area contributed by atoms with Gasteiger partial charge in [0.25, 0.3) is 0 Å². The largest absolute Gasteiger partial charge is 0.481 e. The molecule has 6 heteroatoms. The van der Waals surface area contributed by atoms with Crippen LogP contribution >= 0.6 is 0 Å². The van der Waals surface area contributed by atoms with Crippen LogP contribution in [0.15, 0.2) is 30.6 Å². The summed E-state index contributed by atoms with van der Waals surface area (Å²) in [5.41, 5.74) is 8.15. The minimum absolute atomic E-state index is 0.195. The van der Waals surface area contributed by atoms with E-state index in [2.05, 4.69) is 15.0 Å². The van der Waals surface area contributed by atoms with Gasteiger partial charge in [-0.25, -0.2) is 9.97 Å². The molecule has 0 aromatic carbocycles. The molecule has 0 saturated carbocycles. The number of carboxylic acids is 1. The summed E-state index contributed by atoms with van der Waals surface area (Å²) in [6.45, 7) is 1.82. The molecular weight excluding hydrogens is 244 g/mol. The SMILES string of the molecule is Cc1cc(-c2ccncc2)nc(C(N)CC(=O)O)n1. The molecule has 2 aromatic heterocycles. The minimum Gasteiger partial charge on any atom is -0.481 e. The van der Waals surface area contributed by atoms with Crippen molar-refractivity contribution in [3.63, 3.8) is 0 Å². The highest BCUT2D eigenvalue weighted by atomic mass is 16.4. The van der Waals surface area contributed by atoms with Crippen molar-refractivity contribution in [1.82, 2.24) is 15.0 Å². The summed E-state index contributed by atoms with van der Waals surface area (Å²) >= 11 is 0. The third-order valence-electron chi connectivity index (χ3n) is 2.57. The quantitative estimate of drug-likeness (QED) is 0.857. The number of rotatable bonds is 4. The van der Waals surface area contributed by atoms with Crippen molar-refractivity contribution in [1.29, 1.82) is 0 Å². The second-order valence-corrected chi connectivity index (χ2v) is 4.19. The molecule has 0 spiro atoms. The molecule has 19 heavy (non-hydrogen) atoms. The number of hydrogen-bond donors (Lipinski definition) is 2. The zero-order valence-corrected chi connectivity index (χ0v) is 10.4. The number of carboxylic acid groups (broad SMARTS) is 1. The number of hydrogen-bond acceptors (Lipinski definition) is 5. The zero-order chi connectivity index (χ0) is 13.8. The third-order valence-corrected chi connectivity index (χ3v) is 2.57. The summed E-state index contributed by atoms with van der Waals surface area (Å²) in [6, 6.07) is 4.77. The molecule has 2 heterocycles. The number of nitrogens with zero attached hydrogens (tertiary/aromatic N) is 3. The van der Waals surface area contributed by atoms with E-state index >= 15 is 0 Å². The minimum atomic E-state index is -0.969. The lowest BCUT2D eigenvalue weighted by Gasteiger charge is -2.10. The first-order valence-corrected chi connectivity index (χ1v) is 5.79. The highest BCUT2D eigenvalue weighted by Gasteiger charge is 2.15. The lowest BCUT2D eigenvalue weighted by atomic mass is 10.1. The molecule has 0 aliphatic heterocycles. The van der Waals surface area contributed by atoms with E-state index in [1.54, 1.807) is 12.4 Å². The fourth-order valence-electron chi connectivity index (χ4n) is 1.71. The smallest absolute Gasteiger partial charge is 0.305 e. The van der Waals surface area contributed by atoms with Crippen LogP contribution in [0, 0.1) is 6.92 Å². The number of pyridine rings is 1. The summed E-state index contributed by atoms with van der Waals surface area (Å²) < 4.78 is 0. The number of nitrogens with two attached hydrogens (primary N) is 1. The van der Waals surface area contributed by atoms with Crippen LogP contribution in [0.5, 0.6) is 0 Å². The van der Waals surface area contributed by atoms with Gasteiger partial charge in [0.1, 0.15) is 5.82 Å². The average Bonchev–Trinajstić information content (AvgIpc) is 2.38. The van der Waals surface area contributed by atoms with E-state index in [-0.39, 0.29) is 6.42 Å². The fraction of sp³-hybridized carbons (Fsp3) is 0.231. The van der Waals surface area contributed by atoms with Crippen LogP contribution in [0.3, 0.4) is 0 Å². The molecule has 0 bridgehead atoms. The van der Waals surface area contributed by atoms with Crippen molar-refractivity contribution in [2.24, 2.45) is 5.73 Å². The molecule has 0 fully saturated rings. The Labute approximate surface area is 110 Å². The van der Waals surface area contributed by atoms with Crippen LogP contribution in [-0.4, -0.2) is 26.0 Å². The van der Waals surface area contributed by atoms with Crippen LogP contribution < -0.4 is 5.73 Å². The number of carbonyl (C=O) groups is 1. The fourth-order valence-corrected chi connectivity index (χ4v) is 1.71. The number of aliphatic carboxylic acids is 1. The van der Waals surface area contributed by atoms with Gasteiger partial charge < -0.3 is 10.8 Å². The summed E-state index contributed by atoms with van der Waals surface area (Å²) in [5.74, 6) is -0.628. The topological polar surface area (TPSA) is 102 Å².